The number of rotatable bonds is 9. The molecule has 3 aromatic rings. The number of carboxylic acid groups (broad SMARTS) is 1. The van der Waals surface area contributed by atoms with Crippen molar-refractivity contribution >= 4 is 49.9 Å². The van der Waals surface area contributed by atoms with Crippen LogP contribution in [0, 0.1) is 17.3 Å². The second-order valence-electron chi connectivity index (χ2n) is 12.9. The first-order valence-corrected chi connectivity index (χ1v) is 16.5. The Balaban J connectivity index is 1.36. The van der Waals surface area contributed by atoms with Gasteiger partial charge in [-0.25, -0.2) is 9.78 Å². The number of benzene rings is 1. The van der Waals surface area contributed by atoms with Gasteiger partial charge in [0, 0.05) is 22.4 Å². The molecule has 2 heterocycles. The molecule has 1 amide bonds. The molecule has 0 spiro atoms. The fourth-order valence-corrected chi connectivity index (χ4v) is 7.99. The summed E-state index contributed by atoms with van der Waals surface area (Å²) in [4.78, 5) is 31.1. The Morgan fingerprint density at radius 1 is 1.07 bits per heavy atom. The standard InChI is InChI=1S/C33H41BrN2O4S/c1-33(2,3)22-9-12-23(13-10-22)40-24-11-8-21-17-28(35-27(26(21)18-24)16-20-6-4-5-7-20)31(37)36-29(32(38)39)19-25-14-15-30(34)41-25/h8,11,14-15,17-18,20,22-23,29H,4-7,9-10,12-13,16,19H2,1-3H3,(H,36,37)(H,38,39). The maximum atomic E-state index is 13.3. The van der Waals surface area contributed by atoms with E-state index in [9.17, 15) is 14.7 Å². The third-order valence-electron chi connectivity index (χ3n) is 8.91. The first kappa shape index (κ1) is 30.0. The number of aromatic nitrogens is 1. The van der Waals surface area contributed by atoms with Gasteiger partial charge < -0.3 is 15.2 Å². The third-order valence-corrected chi connectivity index (χ3v) is 10.6. The zero-order valence-electron chi connectivity index (χ0n) is 24.2. The van der Waals surface area contributed by atoms with Crippen LogP contribution in [0.5, 0.6) is 5.75 Å². The smallest absolute Gasteiger partial charge is 0.326 e. The lowest BCUT2D eigenvalue weighted by Crippen LogP contribution is -2.42. The Morgan fingerprint density at radius 2 is 1.80 bits per heavy atom. The van der Waals surface area contributed by atoms with E-state index in [1.807, 2.05) is 24.3 Å². The number of thiophene rings is 1. The first-order chi connectivity index (χ1) is 19.5. The zero-order chi connectivity index (χ0) is 29.1. The fraction of sp³-hybridized carbons (Fsp3) is 0.545. The van der Waals surface area contributed by atoms with Crippen molar-refractivity contribution in [3.8, 4) is 5.75 Å². The number of nitrogens with zero attached hydrogens (tertiary/aromatic N) is 1. The van der Waals surface area contributed by atoms with Gasteiger partial charge in [-0.3, -0.25) is 4.79 Å². The van der Waals surface area contributed by atoms with Crippen molar-refractivity contribution < 1.29 is 19.4 Å². The number of carbonyl (C=O) groups excluding carboxylic acids is 1. The summed E-state index contributed by atoms with van der Waals surface area (Å²) >= 11 is 4.89. The SMILES string of the molecule is CC(C)(C)C1CCC(Oc2ccc3cc(C(=O)NC(Cc4ccc(Br)s4)C(=O)O)nc(CC4CCCC4)c3c2)CC1. The predicted molar refractivity (Wildman–Crippen MR) is 168 cm³/mol. The van der Waals surface area contributed by atoms with Crippen molar-refractivity contribution in [1.29, 1.82) is 0 Å². The number of aliphatic carboxylic acids is 1. The number of nitrogens with one attached hydrogen (secondary N) is 1. The van der Waals surface area contributed by atoms with Crippen LogP contribution in [-0.2, 0) is 17.6 Å². The maximum absolute atomic E-state index is 13.3. The summed E-state index contributed by atoms with van der Waals surface area (Å²) in [6, 6.07) is 10.6. The van der Waals surface area contributed by atoms with Crippen LogP contribution in [0.25, 0.3) is 10.8 Å². The van der Waals surface area contributed by atoms with E-state index in [1.54, 1.807) is 6.07 Å². The molecule has 2 aromatic heterocycles. The highest BCUT2D eigenvalue weighted by Gasteiger charge is 2.31. The summed E-state index contributed by atoms with van der Waals surface area (Å²) < 4.78 is 7.42. The molecule has 41 heavy (non-hydrogen) atoms. The number of ether oxygens (including phenoxy) is 1. The monoisotopic (exact) mass is 640 g/mol. The quantitative estimate of drug-likeness (QED) is 0.246. The molecule has 8 heteroatoms. The van der Waals surface area contributed by atoms with Crippen LogP contribution in [0.2, 0.25) is 0 Å². The summed E-state index contributed by atoms with van der Waals surface area (Å²) in [7, 11) is 0. The summed E-state index contributed by atoms with van der Waals surface area (Å²) in [5, 5.41) is 14.5. The van der Waals surface area contributed by atoms with E-state index in [4.69, 9.17) is 9.72 Å². The van der Waals surface area contributed by atoms with E-state index in [2.05, 4.69) is 48.1 Å². The molecular formula is C33H41BrN2O4S. The van der Waals surface area contributed by atoms with Gasteiger partial charge in [0.2, 0.25) is 0 Å². The van der Waals surface area contributed by atoms with Crippen LogP contribution in [0.1, 0.15) is 93.2 Å². The predicted octanol–water partition coefficient (Wildman–Crippen LogP) is 8.20. The van der Waals surface area contributed by atoms with E-state index >= 15 is 0 Å². The zero-order valence-corrected chi connectivity index (χ0v) is 26.7. The number of hydrogen-bond acceptors (Lipinski definition) is 5. The Morgan fingerprint density at radius 3 is 2.44 bits per heavy atom. The molecule has 2 saturated carbocycles. The van der Waals surface area contributed by atoms with Gasteiger partial charge in [-0.15, -0.1) is 11.3 Å². The summed E-state index contributed by atoms with van der Waals surface area (Å²) in [5.41, 5.74) is 1.50. The van der Waals surface area contributed by atoms with E-state index in [0.29, 0.717) is 11.3 Å². The van der Waals surface area contributed by atoms with Crippen molar-refractivity contribution in [2.24, 2.45) is 17.3 Å². The number of hydrogen-bond donors (Lipinski definition) is 2. The number of amides is 1. The van der Waals surface area contributed by atoms with Crippen LogP contribution in [0.4, 0.5) is 0 Å². The average Bonchev–Trinajstić information content (AvgIpc) is 3.59. The molecule has 1 unspecified atom stereocenters. The van der Waals surface area contributed by atoms with Gasteiger partial charge in [0.05, 0.1) is 9.89 Å². The molecular weight excluding hydrogens is 600 g/mol. The van der Waals surface area contributed by atoms with Crippen LogP contribution in [0.3, 0.4) is 0 Å². The van der Waals surface area contributed by atoms with Crippen molar-refractivity contribution in [1.82, 2.24) is 10.3 Å². The van der Waals surface area contributed by atoms with Gasteiger partial charge in [0.1, 0.15) is 17.5 Å². The largest absolute Gasteiger partial charge is 0.490 e. The van der Waals surface area contributed by atoms with Crippen molar-refractivity contribution in [2.45, 2.75) is 97.1 Å². The molecule has 2 N–H and O–H groups in total. The topological polar surface area (TPSA) is 88.5 Å². The molecule has 2 fully saturated rings. The highest BCUT2D eigenvalue weighted by Crippen LogP contribution is 2.39. The van der Waals surface area contributed by atoms with Crippen LogP contribution >= 0.6 is 27.3 Å². The summed E-state index contributed by atoms with van der Waals surface area (Å²) in [5.74, 6) is 0.618. The molecule has 6 nitrogen and oxygen atoms in total. The van der Waals surface area contributed by atoms with E-state index in [0.717, 1.165) is 56.1 Å². The van der Waals surface area contributed by atoms with Crippen molar-refractivity contribution in [2.75, 3.05) is 0 Å². The van der Waals surface area contributed by atoms with Crippen molar-refractivity contribution in [3.05, 3.63) is 56.4 Å². The number of carboxylic acids is 1. The lowest BCUT2D eigenvalue weighted by molar-refractivity contribution is -0.139. The molecule has 1 atom stereocenters. The van der Waals surface area contributed by atoms with Crippen LogP contribution in [-0.4, -0.2) is 34.1 Å². The lowest BCUT2D eigenvalue weighted by atomic mass is 9.72. The molecule has 0 radical (unpaired) electrons. The van der Waals surface area contributed by atoms with Crippen molar-refractivity contribution in [3.63, 3.8) is 0 Å². The molecule has 0 aliphatic heterocycles. The van der Waals surface area contributed by atoms with Gasteiger partial charge in [0.25, 0.3) is 5.91 Å². The van der Waals surface area contributed by atoms with E-state index < -0.39 is 17.9 Å². The minimum atomic E-state index is -1.06. The molecule has 0 bridgehead atoms. The minimum Gasteiger partial charge on any atom is -0.490 e. The number of pyridine rings is 1. The minimum absolute atomic E-state index is 0.220. The van der Waals surface area contributed by atoms with Crippen LogP contribution in [0.15, 0.2) is 40.2 Å². The normalized spacial score (nSPS) is 20.7. The highest BCUT2D eigenvalue weighted by atomic mass is 79.9. The Kier molecular flexibility index (Phi) is 9.39. The van der Waals surface area contributed by atoms with Gasteiger partial charge in [0.15, 0.2) is 0 Å². The Bertz CT molecular complexity index is 1380. The first-order valence-electron chi connectivity index (χ1n) is 14.9. The Labute approximate surface area is 255 Å². The second kappa shape index (κ2) is 12.8. The maximum Gasteiger partial charge on any atom is 0.326 e. The number of fused-ring (bicyclic) bond motifs is 1. The number of carbonyl (C=O) groups is 2. The van der Waals surface area contributed by atoms with Gasteiger partial charge in [-0.1, -0.05) is 52.5 Å². The third kappa shape index (κ3) is 7.69. The van der Waals surface area contributed by atoms with E-state index in [1.165, 1.54) is 49.9 Å². The summed E-state index contributed by atoms with van der Waals surface area (Å²) in [6.07, 6.45) is 10.6. The average molecular weight is 642 g/mol. The molecule has 220 valence electrons. The van der Waals surface area contributed by atoms with E-state index in [-0.39, 0.29) is 18.2 Å². The van der Waals surface area contributed by atoms with Gasteiger partial charge >= 0.3 is 5.97 Å². The lowest BCUT2D eigenvalue weighted by Gasteiger charge is -2.37. The molecule has 2 aliphatic rings. The molecule has 0 saturated heterocycles. The Hall–Kier alpha value is -2.45. The van der Waals surface area contributed by atoms with Crippen LogP contribution < -0.4 is 10.1 Å². The number of halogens is 1. The highest BCUT2D eigenvalue weighted by molar-refractivity contribution is 9.11. The molecule has 1 aromatic carbocycles. The van der Waals surface area contributed by atoms with Gasteiger partial charge in [-0.2, -0.15) is 0 Å². The second-order valence-corrected chi connectivity index (χ2v) is 15.5. The summed E-state index contributed by atoms with van der Waals surface area (Å²) in [6.45, 7) is 7.00. The van der Waals surface area contributed by atoms with Gasteiger partial charge in [-0.05, 0) is 101 Å². The molecule has 5 rings (SSSR count). The fourth-order valence-electron chi connectivity index (χ4n) is 6.46. The molecule has 2 aliphatic carbocycles.